The highest BCUT2D eigenvalue weighted by atomic mass is 16.6. The van der Waals surface area contributed by atoms with Crippen molar-refractivity contribution < 1.29 is 38.6 Å². The molecule has 2 aromatic carbocycles. The summed E-state index contributed by atoms with van der Waals surface area (Å²) < 4.78 is 13.8. The molecule has 0 aliphatic carbocycles. The third kappa shape index (κ3) is 10.8. The van der Waals surface area contributed by atoms with Crippen LogP contribution in [-0.2, 0) is 48.0 Å². The fraction of sp³-hybridized carbons (Fsp3) is 0.556. The summed E-state index contributed by atoms with van der Waals surface area (Å²) in [6, 6.07) is 12.8. The quantitative estimate of drug-likeness (QED) is 0.179. The molecule has 0 unspecified atom stereocenters. The van der Waals surface area contributed by atoms with E-state index in [1.165, 1.54) is 9.91 Å². The first-order valence-corrected chi connectivity index (χ1v) is 25.3. The van der Waals surface area contributed by atoms with E-state index in [0.29, 0.717) is 70.5 Å². The molecule has 6 bridgehead atoms. The Balaban J connectivity index is 1.16. The standard InChI is InChI=1S/C54H73N9O8/c1-11-62-45-17-16-35-26-41(45)42(48(62)40-14-12-19-55-46(40)33(4)70-10)27-54(5,6)31-59(8)51(67)43-15-13-20-63(57-43)52(68)44(24-34-22-37(35)25-38(64)23-34)56-49(65)47(32(2)3)60(9)50(66)36-18-21-61(28-36)53(69)71-39-29-58(7)30-39/h12,14,16-17,19,22-23,25-26,32-33,36,39,43-44,47,57,64H,11,13,15,18,20-21,24,27-31H2,1-10H3,(H,56,65)/t33-,36-,43-,44-,47-/m0/s1. The number of nitrogens with one attached hydrogen (secondary N) is 2. The topological polar surface area (TPSA) is 182 Å². The number of aryl methyl sites for hydroxylation is 1. The molecule has 382 valence electrons. The van der Waals surface area contributed by atoms with Crippen molar-refractivity contribution in [3.8, 4) is 28.1 Å². The fourth-order valence-corrected chi connectivity index (χ4v) is 11.4. The number of amides is 5. The van der Waals surface area contributed by atoms with Crippen LogP contribution in [0.4, 0.5) is 4.79 Å². The fourth-order valence-electron chi connectivity index (χ4n) is 11.4. The average Bonchev–Trinajstić information content (AvgIpc) is 3.94. The molecule has 4 aromatic rings. The zero-order valence-electron chi connectivity index (χ0n) is 43.2. The van der Waals surface area contributed by atoms with Crippen LogP contribution in [0.1, 0.15) is 83.7 Å². The number of benzene rings is 2. The van der Waals surface area contributed by atoms with Gasteiger partial charge in [-0.05, 0) is 117 Å². The van der Waals surface area contributed by atoms with Crippen molar-refractivity contribution in [2.45, 2.75) is 111 Å². The highest BCUT2D eigenvalue weighted by molar-refractivity contribution is 5.96. The van der Waals surface area contributed by atoms with Crippen LogP contribution in [0.3, 0.4) is 0 Å². The summed E-state index contributed by atoms with van der Waals surface area (Å²) in [7, 11) is 7.05. The number of aromatic hydroxyl groups is 1. The second-order valence-corrected chi connectivity index (χ2v) is 21.4. The summed E-state index contributed by atoms with van der Waals surface area (Å²) in [5.74, 6) is -2.26. The number of hydrogen-bond acceptors (Lipinski definition) is 11. The number of methoxy groups -OCH3 is 1. The van der Waals surface area contributed by atoms with Crippen LogP contribution in [-0.4, -0.2) is 161 Å². The van der Waals surface area contributed by atoms with E-state index in [2.05, 4.69) is 59.2 Å². The average molecular weight is 976 g/mol. The molecule has 0 radical (unpaired) electrons. The van der Waals surface area contributed by atoms with Gasteiger partial charge in [-0.1, -0.05) is 39.8 Å². The second-order valence-electron chi connectivity index (χ2n) is 21.4. The number of fused-ring (bicyclic) bond motifs is 6. The number of carbonyl (C=O) groups is 5. The molecule has 4 aliphatic rings. The minimum Gasteiger partial charge on any atom is -0.508 e. The number of pyridine rings is 1. The number of nitrogens with zero attached hydrogens (tertiary/aromatic N) is 7. The minimum atomic E-state index is -1.15. The lowest BCUT2D eigenvalue weighted by Crippen LogP contribution is -2.63. The number of carbonyl (C=O) groups excluding carboxylic acids is 5. The Morgan fingerprint density at radius 3 is 2.45 bits per heavy atom. The summed E-state index contributed by atoms with van der Waals surface area (Å²) in [5.41, 5.74) is 9.96. The third-order valence-corrected chi connectivity index (χ3v) is 14.9. The normalized spacial score (nSPS) is 22.0. The lowest BCUT2D eigenvalue weighted by molar-refractivity contribution is -0.147. The molecule has 0 spiro atoms. The van der Waals surface area contributed by atoms with E-state index >= 15 is 0 Å². The maximum Gasteiger partial charge on any atom is 0.410 e. The van der Waals surface area contributed by atoms with Gasteiger partial charge in [0.05, 0.1) is 23.4 Å². The molecule has 0 saturated carbocycles. The van der Waals surface area contributed by atoms with Crippen molar-refractivity contribution in [1.82, 2.24) is 44.9 Å². The predicted molar refractivity (Wildman–Crippen MR) is 271 cm³/mol. The van der Waals surface area contributed by atoms with Gasteiger partial charge < -0.3 is 39.2 Å². The van der Waals surface area contributed by atoms with E-state index in [1.807, 2.05) is 53.1 Å². The Hall–Kier alpha value is -6.04. The number of rotatable bonds is 10. The molecule has 17 nitrogen and oxygen atoms in total. The SMILES string of the molecule is CCn1c(-c2cccnc2[C@H](C)OC)c2c3cc(ccc31)-c1cc(O)cc(c1)C[C@H](NC(=O)[C@H](C(C)C)N(C)C(=O)[C@H]1CCN(C(=O)OC3CN(C)C3)C1)C(=O)N1CCC[C@H](N1)C(=O)N(C)CC(C)(C)C2. The second kappa shape index (κ2) is 21.0. The molecule has 2 aromatic heterocycles. The molecule has 4 aliphatic heterocycles. The number of likely N-dealkylation sites (tertiary alicyclic amines) is 2. The van der Waals surface area contributed by atoms with E-state index in [9.17, 15) is 29.1 Å². The summed E-state index contributed by atoms with van der Waals surface area (Å²) in [5, 5.41) is 16.9. The molecule has 3 N–H and O–H groups in total. The monoisotopic (exact) mass is 976 g/mol. The van der Waals surface area contributed by atoms with Gasteiger partial charge in [-0.25, -0.2) is 10.2 Å². The molecule has 5 amide bonds. The van der Waals surface area contributed by atoms with Crippen molar-refractivity contribution in [3.63, 3.8) is 0 Å². The van der Waals surface area contributed by atoms with E-state index in [4.69, 9.17) is 14.5 Å². The summed E-state index contributed by atoms with van der Waals surface area (Å²) in [4.78, 5) is 82.8. The first-order valence-electron chi connectivity index (χ1n) is 25.3. The lowest BCUT2D eigenvalue weighted by atomic mass is 9.82. The van der Waals surface area contributed by atoms with E-state index in [1.54, 1.807) is 42.3 Å². The van der Waals surface area contributed by atoms with Gasteiger partial charge in [0, 0.05) is 96.1 Å². The Morgan fingerprint density at radius 2 is 1.75 bits per heavy atom. The number of hydrogen-bond donors (Lipinski definition) is 3. The van der Waals surface area contributed by atoms with E-state index in [0.717, 1.165) is 44.5 Å². The summed E-state index contributed by atoms with van der Waals surface area (Å²) >= 11 is 0. The molecule has 17 heteroatoms. The number of aromatic nitrogens is 2. The Bertz CT molecular complexity index is 2660. The largest absolute Gasteiger partial charge is 0.508 e. The van der Waals surface area contributed by atoms with Gasteiger partial charge in [-0.15, -0.1) is 0 Å². The Kier molecular flexibility index (Phi) is 15.2. The third-order valence-electron chi connectivity index (χ3n) is 14.9. The molecule has 6 heterocycles. The summed E-state index contributed by atoms with van der Waals surface area (Å²) in [6.07, 6.45) is 3.01. The van der Waals surface area contributed by atoms with Crippen LogP contribution in [0.15, 0.2) is 54.7 Å². The number of phenolic OH excluding ortho intramolecular Hbond substituents is 1. The van der Waals surface area contributed by atoms with Crippen molar-refractivity contribution in [3.05, 3.63) is 71.5 Å². The van der Waals surface area contributed by atoms with Gasteiger partial charge in [0.1, 0.15) is 30.0 Å². The Labute approximate surface area is 417 Å². The first kappa shape index (κ1) is 51.3. The van der Waals surface area contributed by atoms with E-state index in [-0.39, 0.29) is 48.7 Å². The van der Waals surface area contributed by atoms with Gasteiger partial charge >= 0.3 is 6.09 Å². The number of likely N-dealkylation sites (N-methyl/N-ethyl adjacent to an activating group) is 3. The van der Waals surface area contributed by atoms with Gasteiger partial charge in [0.2, 0.25) is 17.7 Å². The van der Waals surface area contributed by atoms with Gasteiger partial charge in [0.15, 0.2) is 0 Å². The maximum atomic E-state index is 14.9. The van der Waals surface area contributed by atoms with Crippen molar-refractivity contribution in [1.29, 1.82) is 0 Å². The van der Waals surface area contributed by atoms with Crippen LogP contribution in [0.25, 0.3) is 33.3 Å². The van der Waals surface area contributed by atoms with Gasteiger partial charge in [-0.2, -0.15) is 0 Å². The lowest BCUT2D eigenvalue weighted by Gasteiger charge is -2.39. The van der Waals surface area contributed by atoms with Crippen molar-refractivity contribution in [2.24, 2.45) is 17.3 Å². The number of phenols is 1. The molecule has 3 saturated heterocycles. The summed E-state index contributed by atoms with van der Waals surface area (Å²) in [6.45, 7) is 15.5. The van der Waals surface area contributed by atoms with E-state index < -0.39 is 47.4 Å². The molecule has 3 fully saturated rings. The number of hydrazine groups is 1. The number of ether oxygens (including phenoxy) is 2. The van der Waals surface area contributed by atoms with Gasteiger partial charge in [-0.3, -0.25) is 34.1 Å². The van der Waals surface area contributed by atoms with Crippen molar-refractivity contribution >= 4 is 40.6 Å². The van der Waals surface area contributed by atoms with Crippen LogP contribution in [0, 0.1) is 17.3 Å². The minimum absolute atomic E-state index is 0.00113. The maximum absolute atomic E-state index is 14.9. The van der Waals surface area contributed by atoms with Crippen LogP contribution < -0.4 is 10.7 Å². The van der Waals surface area contributed by atoms with Crippen LogP contribution in [0.5, 0.6) is 5.75 Å². The van der Waals surface area contributed by atoms with Crippen LogP contribution in [0.2, 0.25) is 0 Å². The smallest absolute Gasteiger partial charge is 0.410 e. The molecule has 5 atom stereocenters. The molecule has 8 rings (SSSR count). The zero-order chi connectivity index (χ0) is 51.1. The van der Waals surface area contributed by atoms with Crippen LogP contribution >= 0.6 is 0 Å². The molecular formula is C54H73N9O8. The highest BCUT2D eigenvalue weighted by Crippen LogP contribution is 2.42. The first-order chi connectivity index (χ1) is 33.8. The molecular weight excluding hydrogens is 903 g/mol. The van der Waals surface area contributed by atoms with Gasteiger partial charge in [0.25, 0.3) is 5.91 Å². The highest BCUT2D eigenvalue weighted by Gasteiger charge is 2.41. The Morgan fingerprint density at radius 1 is 0.986 bits per heavy atom. The zero-order valence-corrected chi connectivity index (χ0v) is 43.2. The predicted octanol–water partition coefficient (Wildman–Crippen LogP) is 5.62. The van der Waals surface area contributed by atoms with Crippen molar-refractivity contribution in [2.75, 3.05) is 67.5 Å². The molecule has 71 heavy (non-hydrogen) atoms.